The summed E-state index contributed by atoms with van der Waals surface area (Å²) in [5, 5.41) is 3.59. The van der Waals surface area contributed by atoms with Crippen molar-refractivity contribution in [3.05, 3.63) is 29.8 Å². The van der Waals surface area contributed by atoms with Crippen molar-refractivity contribution >= 4 is 11.8 Å². The van der Waals surface area contributed by atoms with E-state index in [-0.39, 0.29) is 0 Å². The number of hydrogen-bond acceptors (Lipinski definition) is 3. The lowest BCUT2D eigenvalue weighted by Gasteiger charge is -2.15. The third-order valence-electron chi connectivity index (χ3n) is 2.85. The molecule has 1 aromatic rings. The number of hydrogen-bond donors (Lipinski definition) is 1. The summed E-state index contributed by atoms with van der Waals surface area (Å²) in [5.41, 5.74) is 1.32. The molecule has 0 aliphatic carbocycles. The van der Waals surface area contributed by atoms with E-state index < -0.39 is 0 Å². The van der Waals surface area contributed by atoms with Crippen molar-refractivity contribution in [2.75, 3.05) is 18.6 Å². The van der Waals surface area contributed by atoms with Gasteiger partial charge in [-0.25, -0.2) is 0 Å². The Morgan fingerprint density at radius 1 is 1.22 bits per heavy atom. The maximum Gasteiger partial charge on any atom is 0.119 e. The van der Waals surface area contributed by atoms with Crippen LogP contribution < -0.4 is 10.1 Å². The summed E-state index contributed by atoms with van der Waals surface area (Å²) in [5.74, 6) is 2.14. The largest absolute Gasteiger partial charge is 0.494 e. The zero-order valence-electron chi connectivity index (χ0n) is 11.7. The number of thioether (sulfide) groups is 1. The van der Waals surface area contributed by atoms with Gasteiger partial charge in [0.25, 0.3) is 0 Å². The first-order chi connectivity index (χ1) is 8.80. The molecule has 0 radical (unpaired) electrons. The molecule has 0 fully saturated rings. The van der Waals surface area contributed by atoms with Crippen molar-refractivity contribution in [1.82, 2.24) is 5.32 Å². The molecule has 1 N–H and O–H groups in total. The number of ether oxygens (including phenoxy) is 1. The molecule has 0 saturated heterocycles. The molecule has 0 amide bonds. The fourth-order valence-electron chi connectivity index (χ4n) is 1.71. The third-order valence-corrected chi connectivity index (χ3v) is 3.59. The van der Waals surface area contributed by atoms with Gasteiger partial charge in [0.15, 0.2) is 0 Å². The van der Waals surface area contributed by atoms with Gasteiger partial charge in [-0.1, -0.05) is 26.0 Å². The molecule has 3 heteroatoms. The predicted molar refractivity (Wildman–Crippen MR) is 81.5 cm³/mol. The van der Waals surface area contributed by atoms with Gasteiger partial charge in [-0.2, -0.15) is 11.8 Å². The molecule has 1 aromatic carbocycles. The van der Waals surface area contributed by atoms with E-state index in [0.717, 1.165) is 25.3 Å². The summed E-state index contributed by atoms with van der Waals surface area (Å²) < 4.78 is 5.57. The quantitative estimate of drug-likeness (QED) is 0.737. The highest BCUT2D eigenvalue weighted by Gasteiger charge is 2.04. The monoisotopic (exact) mass is 267 g/mol. The zero-order valence-corrected chi connectivity index (χ0v) is 12.6. The van der Waals surface area contributed by atoms with E-state index in [1.807, 2.05) is 11.8 Å². The van der Waals surface area contributed by atoms with Gasteiger partial charge in [0.05, 0.1) is 6.61 Å². The predicted octanol–water partition coefficient (Wildman–Crippen LogP) is 3.71. The Hall–Kier alpha value is -0.670. The lowest BCUT2D eigenvalue weighted by molar-refractivity contribution is 0.317. The summed E-state index contributed by atoms with van der Waals surface area (Å²) in [4.78, 5) is 0. The molecule has 0 aliphatic heterocycles. The van der Waals surface area contributed by atoms with Crippen LogP contribution in [0.25, 0.3) is 0 Å². The van der Waals surface area contributed by atoms with Crippen LogP contribution in [0.15, 0.2) is 24.3 Å². The van der Waals surface area contributed by atoms with Gasteiger partial charge in [-0.3, -0.25) is 0 Å². The Bertz CT molecular complexity index is 313. The molecule has 1 rings (SSSR count). The van der Waals surface area contributed by atoms with Gasteiger partial charge < -0.3 is 10.1 Å². The second-order valence-corrected chi connectivity index (χ2v) is 5.34. The molecule has 102 valence electrons. The van der Waals surface area contributed by atoms with Crippen LogP contribution in [-0.2, 0) is 6.54 Å². The van der Waals surface area contributed by atoms with Crippen LogP contribution in [0.4, 0.5) is 0 Å². The number of benzene rings is 1. The maximum atomic E-state index is 5.57. The summed E-state index contributed by atoms with van der Waals surface area (Å²) >= 11 is 1.90. The second kappa shape index (κ2) is 9.29. The first kappa shape index (κ1) is 15.4. The summed E-state index contributed by atoms with van der Waals surface area (Å²) in [6.45, 7) is 6.08. The van der Waals surface area contributed by atoms with Gasteiger partial charge in [-0.15, -0.1) is 0 Å². The van der Waals surface area contributed by atoms with Gasteiger partial charge in [0.2, 0.25) is 0 Å². The first-order valence-electron chi connectivity index (χ1n) is 6.74. The second-order valence-electron chi connectivity index (χ2n) is 4.43. The van der Waals surface area contributed by atoms with E-state index >= 15 is 0 Å². The van der Waals surface area contributed by atoms with Gasteiger partial charge in [0, 0.05) is 18.3 Å². The average Bonchev–Trinajstić information content (AvgIpc) is 2.42. The Labute approximate surface area is 116 Å². The van der Waals surface area contributed by atoms with Crippen LogP contribution in [0.5, 0.6) is 5.75 Å². The van der Waals surface area contributed by atoms with E-state index in [1.54, 1.807) is 0 Å². The standard InChI is InChI=1S/C15H25NOS/c1-4-10-17-15-8-6-13(7-9-15)11-16-14(5-2)12-18-3/h6-9,14,16H,4-5,10-12H2,1-3H3. The molecule has 0 aliphatic rings. The minimum atomic E-state index is 0.607. The summed E-state index contributed by atoms with van der Waals surface area (Å²) in [6.07, 6.45) is 4.39. The lowest BCUT2D eigenvalue weighted by Crippen LogP contribution is -2.30. The zero-order chi connectivity index (χ0) is 13.2. The van der Waals surface area contributed by atoms with Crippen molar-refractivity contribution in [2.45, 2.75) is 39.3 Å². The van der Waals surface area contributed by atoms with E-state index in [2.05, 4.69) is 49.7 Å². The van der Waals surface area contributed by atoms with Crippen LogP contribution in [0, 0.1) is 0 Å². The fraction of sp³-hybridized carbons (Fsp3) is 0.600. The molecular weight excluding hydrogens is 242 g/mol. The van der Waals surface area contributed by atoms with Crippen molar-refractivity contribution in [2.24, 2.45) is 0 Å². The molecule has 0 saturated carbocycles. The Morgan fingerprint density at radius 3 is 2.50 bits per heavy atom. The third kappa shape index (κ3) is 5.78. The Morgan fingerprint density at radius 2 is 1.94 bits per heavy atom. The minimum absolute atomic E-state index is 0.607. The van der Waals surface area contributed by atoms with Gasteiger partial charge in [-0.05, 0) is 36.8 Å². The minimum Gasteiger partial charge on any atom is -0.494 e. The smallest absolute Gasteiger partial charge is 0.119 e. The van der Waals surface area contributed by atoms with Crippen LogP contribution in [0.1, 0.15) is 32.3 Å². The lowest BCUT2D eigenvalue weighted by atomic mass is 10.2. The normalized spacial score (nSPS) is 12.4. The summed E-state index contributed by atoms with van der Waals surface area (Å²) in [6, 6.07) is 9.01. The number of nitrogens with one attached hydrogen (secondary N) is 1. The average molecular weight is 267 g/mol. The summed E-state index contributed by atoms with van der Waals surface area (Å²) in [7, 11) is 0. The van der Waals surface area contributed by atoms with Crippen LogP contribution in [0.2, 0.25) is 0 Å². The highest BCUT2D eigenvalue weighted by Crippen LogP contribution is 2.13. The SMILES string of the molecule is CCCOc1ccc(CNC(CC)CSC)cc1. The molecule has 0 aromatic heterocycles. The molecular formula is C15H25NOS. The van der Waals surface area contributed by atoms with Crippen LogP contribution in [-0.4, -0.2) is 24.7 Å². The molecule has 18 heavy (non-hydrogen) atoms. The maximum absolute atomic E-state index is 5.57. The topological polar surface area (TPSA) is 21.3 Å². The first-order valence-corrected chi connectivity index (χ1v) is 8.13. The number of rotatable bonds is 9. The van der Waals surface area contributed by atoms with E-state index in [1.165, 1.54) is 17.7 Å². The molecule has 2 nitrogen and oxygen atoms in total. The van der Waals surface area contributed by atoms with Gasteiger partial charge >= 0.3 is 0 Å². The molecule has 0 bridgehead atoms. The van der Waals surface area contributed by atoms with Crippen molar-refractivity contribution in [3.63, 3.8) is 0 Å². The molecule has 0 heterocycles. The highest BCUT2D eigenvalue weighted by molar-refractivity contribution is 7.98. The van der Waals surface area contributed by atoms with Crippen molar-refractivity contribution in [3.8, 4) is 5.75 Å². The van der Waals surface area contributed by atoms with E-state index in [9.17, 15) is 0 Å². The highest BCUT2D eigenvalue weighted by atomic mass is 32.2. The Balaban J connectivity index is 2.38. The Kier molecular flexibility index (Phi) is 7.94. The van der Waals surface area contributed by atoms with Crippen molar-refractivity contribution in [1.29, 1.82) is 0 Å². The molecule has 1 unspecified atom stereocenters. The van der Waals surface area contributed by atoms with Crippen LogP contribution >= 0.6 is 11.8 Å². The van der Waals surface area contributed by atoms with Crippen molar-refractivity contribution < 1.29 is 4.74 Å². The van der Waals surface area contributed by atoms with Gasteiger partial charge in [0.1, 0.15) is 5.75 Å². The molecule has 1 atom stereocenters. The molecule has 0 spiro atoms. The fourth-order valence-corrected chi connectivity index (χ4v) is 2.46. The van der Waals surface area contributed by atoms with E-state index in [4.69, 9.17) is 4.74 Å². The van der Waals surface area contributed by atoms with Crippen LogP contribution in [0.3, 0.4) is 0 Å². The van der Waals surface area contributed by atoms with E-state index in [0.29, 0.717) is 6.04 Å².